The van der Waals surface area contributed by atoms with E-state index in [4.69, 9.17) is 14.2 Å². The molecule has 0 aliphatic carbocycles. The van der Waals surface area contributed by atoms with E-state index in [0.29, 0.717) is 35.0 Å². The smallest absolute Gasteiger partial charge is 0.407 e. The van der Waals surface area contributed by atoms with E-state index in [2.05, 4.69) is 64.5 Å². The topological polar surface area (TPSA) is 91.7 Å². The second-order valence-electron chi connectivity index (χ2n) is 10.1. The van der Waals surface area contributed by atoms with Gasteiger partial charge in [-0.3, -0.25) is 4.68 Å². The van der Waals surface area contributed by atoms with E-state index in [0.717, 1.165) is 11.1 Å². The third-order valence-electron chi connectivity index (χ3n) is 5.55. The van der Waals surface area contributed by atoms with Crippen LogP contribution < -0.4 is 10.1 Å². The molecule has 218 valence electrons. The molecule has 0 spiro atoms. The molecule has 0 unspecified atom stereocenters. The Labute approximate surface area is 246 Å². The maximum Gasteiger partial charge on any atom is 0.407 e. The minimum atomic E-state index is -0.588. The van der Waals surface area contributed by atoms with Crippen LogP contribution in [-0.2, 0) is 22.6 Å². The van der Waals surface area contributed by atoms with Crippen LogP contribution in [0.2, 0.25) is 0 Å². The number of nitrogens with zero attached hydrogens (tertiary/aromatic N) is 2. The molecule has 0 saturated heterocycles. The minimum absolute atomic E-state index is 0.190. The highest BCUT2D eigenvalue weighted by Gasteiger charge is 2.24. The predicted molar refractivity (Wildman–Crippen MR) is 162 cm³/mol. The molecule has 1 N–H and O–H groups in total. The zero-order chi connectivity index (χ0) is 29.9. The van der Waals surface area contributed by atoms with Gasteiger partial charge in [-0.25, -0.2) is 9.59 Å². The molecule has 0 radical (unpaired) electrons. The zero-order valence-corrected chi connectivity index (χ0v) is 26.4. The van der Waals surface area contributed by atoms with Gasteiger partial charge in [-0.1, -0.05) is 64.1 Å². The number of hydrogen-bond acceptors (Lipinski definition) is 6. The van der Waals surface area contributed by atoms with Gasteiger partial charge in [0.05, 0.1) is 13.2 Å². The number of rotatable bonds is 10. The molecule has 0 aliphatic rings. The fraction of sp³-hybridized carbons (Fsp3) is 0.452. The lowest BCUT2D eigenvalue weighted by atomic mass is 10.0. The van der Waals surface area contributed by atoms with E-state index < -0.39 is 17.7 Å². The summed E-state index contributed by atoms with van der Waals surface area (Å²) in [6.07, 6.45) is -0.516. The number of amides is 1. The summed E-state index contributed by atoms with van der Waals surface area (Å²) in [5.41, 5.74) is 3.37. The first kappa shape index (κ1) is 32.9. The van der Waals surface area contributed by atoms with Crippen molar-refractivity contribution in [2.24, 2.45) is 0 Å². The Balaban J connectivity index is 0.00000274. The number of aromatic nitrogens is 2. The number of benzene rings is 2. The van der Waals surface area contributed by atoms with Gasteiger partial charge >= 0.3 is 12.1 Å². The Morgan fingerprint density at radius 1 is 1.02 bits per heavy atom. The SMILES string of the molecule is CC.CCOC(=O)c1nn(CCNC(=O)OC(C)(C)C)c(Br)c1-c1ccc(OCc2ccc(C(C)C)cc2)cc1. The Bertz CT molecular complexity index is 1230. The number of alkyl carbamates (subject to hydrolysis) is 1. The maximum absolute atomic E-state index is 12.7. The summed E-state index contributed by atoms with van der Waals surface area (Å²) in [4.78, 5) is 24.7. The van der Waals surface area contributed by atoms with E-state index >= 15 is 0 Å². The molecule has 1 heterocycles. The van der Waals surface area contributed by atoms with Crippen LogP contribution in [0.5, 0.6) is 5.75 Å². The number of hydrogen-bond donors (Lipinski definition) is 1. The van der Waals surface area contributed by atoms with Gasteiger partial charge in [0.25, 0.3) is 0 Å². The summed E-state index contributed by atoms with van der Waals surface area (Å²) in [7, 11) is 0. The van der Waals surface area contributed by atoms with Gasteiger partial charge in [0.2, 0.25) is 0 Å². The molecule has 0 fully saturated rings. The highest BCUT2D eigenvalue weighted by molar-refractivity contribution is 9.10. The summed E-state index contributed by atoms with van der Waals surface area (Å²) in [6, 6.07) is 15.9. The van der Waals surface area contributed by atoms with Crippen LogP contribution in [0.25, 0.3) is 11.1 Å². The van der Waals surface area contributed by atoms with Crippen LogP contribution >= 0.6 is 15.9 Å². The van der Waals surface area contributed by atoms with Gasteiger partial charge in [-0.2, -0.15) is 5.10 Å². The summed E-state index contributed by atoms with van der Waals surface area (Å²) in [6.45, 7) is 16.8. The molecule has 2 aromatic carbocycles. The van der Waals surface area contributed by atoms with Gasteiger partial charge in [-0.15, -0.1) is 0 Å². The average Bonchev–Trinajstić information content (AvgIpc) is 3.24. The molecule has 1 amide bonds. The molecule has 0 saturated carbocycles. The minimum Gasteiger partial charge on any atom is -0.489 e. The fourth-order valence-corrected chi connectivity index (χ4v) is 4.32. The Morgan fingerprint density at radius 2 is 1.65 bits per heavy atom. The van der Waals surface area contributed by atoms with Gasteiger partial charge in [-0.05, 0) is 78.4 Å². The lowest BCUT2D eigenvalue weighted by Crippen LogP contribution is -2.34. The third kappa shape index (κ3) is 9.70. The van der Waals surface area contributed by atoms with Crippen LogP contribution in [0.3, 0.4) is 0 Å². The molecule has 9 heteroatoms. The van der Waals surface area contributed by atoms with E-state index in [9.17, 15) is 9.59 Å². The molecular weight excluding hydrogens is 574 g/mol. The van der Waals surface area contributed by atoms with Crippen molar-refractivity contribution in [2.75, 3.05) is 13.2 Å². The molecule has 0 bridgehead atoms. The highest BCUT2D eigenvalue weighted by Crippen LogP contribution is 2.33. The molecular formula is C31H42BrN3O5. The van der Waals surface area contributed by atoms with Crippen LogP contribution in [-0.4, -0.2) is 40.6 Å². The number of ether oxygens (including phenoxy) is 3. The number of esters is 1. The number of carbonyl (C=O) groups excluding carboxylic acids is 2. The Hall–Kier alpha value is -3.33. The van der Waals surface area contributed by atoms with Gasteiger partial charge < -0.3 is 19.5 Å². The first-order valence-corrected chi connectivity index (χ1v) is 14.5. The van der Waals surface area contributed by atoms with Crippen molar-refractivity contribution in [1.82, 2.24) is 15.1 Å². The van der Waals surface area contributed by atoms with Crippen molar-refractivity contribution in [3.8, 4) is 16.9 Å². The molecule has 40 heavy (non-hydrogen) atoms. The van der Waals surface area contributed by atoms with Crippen molar-refractivity contribution in [2.45, 2.75) is 80.1 Å². The van der Waals surface area contributed by atoms with Gasteiger partial charge in [0.1, 0.15) is 22.6 Å². The number of nitrogens with one attached hydrogen (secondary N) is 1. The summed E-state index contributed by atoms with van der Waals surface area (Å²) < 4.78 is 18.7. The fourth-order valence-electron chi connectivity index (χ4n) is 3.65. The molecule has 0 aliphatic heterocycles. The van der Waals surface area contributed by atoms with E-state index in [-0.39, 0.29) is 18.8 Å². The monoisotopic (exact) mass is 615 g/mol. The van der Waals surface area contributed by atoms with E-state index in [1.54, 1.807) is 32.4 Å². The Kier molecular flexibility index (Phi) is 12.7. The summed E-state index contributed by atoms with van der Waals surface area (Å²) in [5.74, 6) is 0.679. The molecule has 3 rings (SSSR count). The van der Waals surface area contributed by atoms with Crippen molar-refractivity contribution in [3.05, 3.63) is 70.0 Å². The summed E-state index contributed by atoms with van der Waals surface area (Å²) >= 11 is 3.59. The van der Waals surface area contributed by atoms with Crippen molar-refractivity contribution in [1.29, 1.82) is 0 Å². The number of carbonyl (C=O) groups is 2. The normalized spacial score (nSPS) is 10.9. The molecule has 1 aromatic heterocycles. The van der Waals surface area contributed by atoms with Crippen molar-refractivity contribution in [3.63, 3.8) is 0 Å². The average molecular weight is 617 g/mol. The molecule has 0 atom stereocenters. The highest BCUT2D eigenvalue weighted by atomic mass is 79.9. The first-order valence-electron chi connectivity index (χ1n) is 13.7. The van der Waals surface area contributed by atoms with Crippen LogP contribution in [0.4, 0.5) is 4.79 Å². The predicted octanol–water partition coefficient (Wildman–Crippen LogP) is 7.74. The van der Waals surface area contributed by atoms with Crippen LogP contribution in [0.1, 0.15) is 82.9 Å². The molecule has 8 nitrogen and oxygen atoms in total. The lowest BCUT2D eigenvalue weighted by Gasteiger charge is -2.19. The summed E-state index contributed by atoms with van der Waals surface area (Å²) in [5, 5.41) is 7.17. The standard InChI is InChI=1S/C29H36BrN3O5.C2H6/c1-7-36-27(34)25-24(26(30)33(32-25)17-16-31-28(35)38-29(4,5)6)22-12-14-23(15-13-22)37-18-20-8-10-21(11-9-20)19(2)3;1-2/h8-15,19H,7,16-18H2,1-6H3,(H,31,35);1-2H3. The van der Waals surface area contributed by atoms with Crippen LogP contribution in [0.15, 0.2) is 53.1 Å². The molecule has 3 aromatic rings. The van der Waals surface area contributed by atoms with Gasteiger partial charge in [0, 0.05) is 12.1 Å². The zero-order valence-electron chi connectivity index (χ0n) is 24.8. The van der Waals surface area contributed by atoms with Crippen LogP contribution in [0, 0.1) is 0 Å². The van der Waals surface area contributed by atoms with E-state index in [1.165, 1.54) is 5.56 Å². The second-order valence-corrected chi connectivity index (χ2v) is 10.8. The van der Waals surface area contributed by atoms with Gasteiger partial charge in [0.15, 0.2) is 5.69 Å². The second kappa shape index (κ2) is 15.5. The Morgan fingerprint density at radius 3 is 2.20 bits per heavy atom. The lowest BCUT2D eigenvalue weighted by molar-refractivity contribution is 0.0507. The maximum atomic E-state index is 12.7. The number of halogens is 1. The quantitative estimate of drug-likeness (QED) is 0.234. The van der Waals surface area contributed by atoms with E-state index in [1.807, 2.05) is 38.1 Å². The third-order valence-corrected chi connectivity index (χ3v) is 6.35. The first-order chi connectivity index (χ1) is 19.0. The van der Waals surface area contributed by atoms with Crippen molar-refractivity contribution < 1.29 is 23.8 Å². The largest absolute Gasteiger partial charge is 0.489 e. The van der Waals surface area contributed by atoms with Crippen molar-refractivity contribution >= 4 is 28.0 Å².